The Morgan fingerprint density at radius 2 is 1.84 bits per heavy atom. The highest BCUT2D eigenvalue weighted by atomic mass is 32.2. The molecule has 0 spiro atoms. The van der Waals surface area contributed by atoms with Gasteiger partial charge in [0.05, 0.1) is 16.1 Å². The minimum absolute atomic E-state index is 0.0316. The van der Waals surface area contributed by atoms with E-state index in [0.717, 1.165) is 40.8 Å². The summed E-state index contributed by atoms with van der Waals surface area (Å²) in [6.45, 7) is 10.7. The molecule has 0 radical (unpaired) electrons. The van der Waals surface area contributed by atoms with Gasteiger partial charge < -0.3 is 10.6 Å². The summed E-state index contributed by atoms with van der Waals surface area (Å²) in [5, 5.41) is 6.74. The molecule has 1 atom stereocenters. The van der Waals surface area contributed by atoms with E-state index < -0.39 is 10.0 Å². The first kappa shape index (κ1) is 27.0. The number of rotatable bonds is 7. The molecular formula is C28H37N5O3S. The standard InChI is InChI=1S/C28H37N5O3S/c1-20-18-26(24-8-6-7-9-25(24)30-20)31-27(34)29-15-17-33-16-14-22(19-33)32(5)37(35,36)23-12-10-21(11-13-23)28(2,3)4/h6-13,18,22H,14-17,19H2,1-5H3,(H2,29,30,31,34). The van der Waals surface area contributed by atoms with Gasteiger partial charge in [-0.15, -0.1) is 0 Å². The summed E-state index contributed by atoms with van der Waals surface area (Å²) in [5.74, 6) is 0. The third-order valence-corrected chi connectivity index (χ3v) is 8.89. The lowest BCUT2D eigenvalue weighted by Crippen LogP contribution is -2.40. The Bertz CT molecular complexity index is 1370. The number of pyridine rings is 1. The normalized spacial score (nSPS) is 16.9. The van der Waals surface area contributed by atoms with Crippen LogP contribution in [0.25, 0.3) is 10.9 Å². The van der Waals surface area contributed by atoms with Crippen LogP contribution in [0.5, 0.6) is 0 Å². The van der Waals surface area contributed by atoms with Crippen LogP contribution in [-0.2, 0) is 15.4 Å². The van der Waals surface area contributed by atoms with Crippen molar-refractivity contribution < 1.29 is 13.2 Å². The lowest BCUT2D eigenvalue weighted by atomic mass is 9.87. The van der Waals surface area contributed by atoms with Gasteiger partial charge in [0.15, 0.2) is 0 Å². The van der Waals surface area contributed by atoms with E-state index in [1.807, 2.05) is 49.4 Å². The van der Waals surface area contributed by atoms with Crippen LogP contribution in [0.15, 0.2) is 59.5 Å². The number of sulfonamides is 1. The number of nitrogens with zero attached hydrogens (tertiary/aromatic N) is 3. The molecule has 1 unspecified atom stereocenters. The smallest absolute Gasteiger partial charge is 0.319 e. The number of hydrogen-bond acceptors (Lipinski definition) is 5. The molecule has 0 bridgehead atoms. The van der Waals surface area contributed by atoms with E-state index in [4.69, 9.17) is 0 Å². The molecule has 37 heavy (non-hydrogen) atoms. The average molecular weight is 524 g/mol. The summed E-state index contributed by atoms with van der Waals surface area (Å²) in [5.41, 5.74) is 3.47. The number of urea groups is 1. The largest absolute Gasteiger partial charge is 0.337 e. The second kappa shape index (κ2) is 10.8. The summed E-state index contributed by atoms with van der Waals surface area (Å²) in [7, 11) is -1.92. The van der Waals surface area contributed by atoms with Crippen LogP contribution in [0.4, 0.5) is 10.5 Å². The van der Waals surface area contributed by atoms with Crippen molar-refractivity contribution in [2.75, 3.05) is 38.5 Å². The number of amides is 2. The number of fused-ring (bicyclic) bond motifs is 1. The van der Waals surface area contributed by atoms with Gasteiger partial charge in [-0.2, -0.15) is 4.31 Å². The zero-order valence-electron chi connectivity index (χ0n) is 22.3. The molecule has 1 aliphatic rings. The second-order valence-electron chi connectivity index (χ2n) is 10.7. The van der Waals surface area contributed by atoms with E-state index >= 15 is 0 Å². The highest BCUT2D eigenvalue weighted by Crippen LogP contribution is 2.26. The van der Waals surface area contributed by atoms with Gasteiger partial charge >= 0.3 is 6.03 Å². The van der Waals surface area contributed by atoms with Gasteiger partial charge in [0.25, 0.3) is 0 Å². The first-order valence-electron chi connectivity index (χ1n) is 12.7. The van der Waals surface area contributed by atoms with E-state index in [1.165, 1.54) is 4.31 Å². The van der Waals surface area contributed by atoms with Gasteiger partial charge in [-0.3, -0.25) is 9.88 Å². The molecule has 2 N–H and O–H groups in total. The minimum atomic E-state index is -3.58. The fourth-order valence-electron chi connectivity index (χ4n) is 4.71. The number of anilines is 1. The molecule has 1 fully saturated rings. The van der Waals surface area contributed by atoms with Crippen LogP contribution in [0, 0.1) is 6.92 Å². The van der Waals surface area contributed by atoms with Crippen LogP contribution < -0.4 is 10.6 Å². The number of benzene rings is 2. The van der Waals surface area contributed by atoms with Crippen LogP contribution in [0.1, 0.15) is 38.4 Å². The molecule has 0 aliphatic carbocycles. The fourth-order valence-corrected chi connectivity index (χ4v) is 6.08. The lowest BCUT2D eigenvalue weighted by molar-refractivity contribution is 0.248. The molecule has 2 amide bonds. The Balaban J connectivity index is 1.28. The van der Waals surface area contributed by atoms with Crippen LogP contribution in [0.2, 0.25) is 0 Å². The number of nitrogens with one attached hydrogen (secondary N) is 2. The van der Waals surface area contributed by atoms with E-state index in [-0.39, 0.29) is 17.5 Å². The van der Waals surface area contributed by atoms with Crippen molar-refractivity contribution >= 4 is 32.6 Å². The van der Waals surface area contributed by atoms with Gasteiger partial charge in [-0.1, -0.05) is 51.1 Å². The van der Waals surface area contributed by atoms with Gasteiger partial charge in [0.1, 0.15) is 0 Å². The van der Waals surface area contributed by atoms with Crippen molar-refractivity contribution in [2.45, 2.75) is 50.5 Å². The van der Waals surface area contributed by atoms with Crippen molar-refractivity contribution in [3.8, 4) is 0 Å². The Morgan fingerprint density at radius 3 is 2.54 bits per heavy atom. The summed E-state index contributed by atoms with van der Waals surface area (Å²) >= 11 is 0. The topological polar surface area (TPSA) is 94.6 Å². The summed E-state index contributed by atoms with van der Waals surface area (Å²) in [6, 6.07) is 16.4. The maximum Gasteiger partial charge on any atom is 0.319 e. The molecule has 0 saturated carbocycles. The van der Waals surface area contributed by atoms with Gasteiger partial charge in [0, 0.05) is 43.8 Å². The Kier molecular flexibility index (Phi) is 7.87. The molecule has 1 aliphatic heterocycles. The number of hydrogen-bond donors (Lipinski definition) is 2. The van der Waals surface area contributed by atoms with Crippen molar-refractivity contribution in [2.24, 2.45) is 0 Å². The van der Waals surface area contributed by atoms with Gasteiger partial charge in [-0.05, 0) is 55.1 Å². The Labute approximate surface area is 220 Å². The molecule has 3 aromatic rings. The summed E-state index contributed by atoms with van der Waals surface area (Å²) in [4.78, 5) is 19.5. The number of para-hydroxylation sites is 1. The zero-order chi connectivity index (χ0) is 26.8. The van der Waals surface area contributed by atoms with E-state index in [9.17, 15) is 13.2 Å². The number of likely N-dealkylation sites (N-methyl/N-ethyl adjacent to an activating group) is 1. The molecule has 1 saturated heterocycles. The summed E-state index contributed by atoms with van der Waals surface area (Å²) < 4.78 is 27.9. The van der Waals surface area contributed by atoms with Gasteiger partial charge in [-0.25, -0.2) is 13.2 Å². The molecule has 4 rings (SSSR count). The number of carbonyl (C=O) groups is 1. The minimum Gasteiger partial charge on any atom is -0.337 e. The van der Waals surface area contributed by atoms with Crippen LogP contribution in [-0.4, -0.2) is 67.9 Å². The van der Waals surface area contributed by atoms with Crippen LogP contribution in [0.3, 0.4) is 0 Å². The second-order valence-corrected chi connectivity index (χ2v) is 12.7. The lowest BCUT2D eigenvalue weighted by Gasteiger charge is -2.25. The third-order valence-electron chi connectivity index (χ3n) is 6.97. The highest BCUT2D eigenvalue weighted by Gasteiger charge is 2.33. The fraction of sp³-hybridized carbons (Fsp3) is 0.429. The number of aromatic nitrogens is 1. The Morgan fingerprint density at radius 1 is 1.14 bits per heavy atom. The molecule has 1 aromatic heterocycles. The monoisotopic (exact) mass is 523 g/mol. The van der Waals surface area contributed by atoms with Crippen molar-refractivity contribution in [3.63, 3.8) is 0 Å². The van der Waals surface area contributed by atoms with Crippen molar-refractivity contribution in [3.05, 3.63) is 65.9 Å². The predicted octanol–water partition coefficient (Wildman–Crippen LogP) is 4.36. The maximum atomic E-state index is 13.2. The third kappa shape index (κ3) is 6.29. The highest BCUT2D eigenvalue weighted by molar-refractivity contribution is 7.89. The number of aryl methyl sites for hydroxylation is 1. The molecule has 9 heteroatoms. The molecule has 8 nitrogen and oxygen atoms in total. The van der Waals surface area contributed by atoms with E-state index in [1.54, 1.807) is 19.2 Å². The molecule has 2 heterocycles. The SMILES string of the molecule is Cc1cc(NC(=O)NCCN2CCC(N(C)S(=O)(=O)c3ccc(C(C)(C)C)cc3)C2)c2ccccc2n1. The van der Waals surface area contributed by atoms with E-state index in [2.05, 4.69) is 41.3 Å². The molecule has 198 valence electrons. The molecule has 2 aromatic carbocycles. The zero-order valence-corrected chi connectivity index (χ0v) is 23.1. The van der Waals surface area contributed by atoms with Crippen LogP contribution >= 0.6 is 0 Å². The predicted molar refractivity (Wildman–Crippen MR) is 148 cm³/mol. The maximum absolute atomic E-state index is 13.2. The number of carbonyl (C=O) groups excluding carboxylic acids is 1. The van der Waals surface area contributed by atoms with E-state index in [0.29, 0.717) is 24.5 Å². The van der Waals surface area contributed by atoms with Gasteiger partial charge in [0.2, 0.25) is 10.0 Å². The van der Waals surface area contributed by atoms with Crippen molar-refractivity contribution in [1.29, 1.82) is 0 Å². The van der Waals surface area contributed by atoms with Crippen molar-refractivity contribution in [1.82, 2.24) is 19.5 Å². The number of likely N-dealkylation sites (tertiary alicyclic amines) is 1. The first-order chi connectivity index (χ1) is 17.4. The average Bonchev–Trinajstić information content (AvgIpc) is 3.31. The quantitative estimate of drug-likeness (QED) is 0.480. The summed E-state index contributed by atoms with van der Waals surface area (Å²) in [6.07, 6.45) is 0.754. The first-order valence-corrected chi connectivity index (χ1v) is 14.1. The molecular weight excluding hydrogens is 486 g/mol. The Hall–Kier alpha value is -3.01.